The molecule has 4 aromatic rings. The van der Waals surface area contributed by atoms with Crippen LogP contribution in [-0.4, -0.2) is 27.9 Å². The molecule has 0 fully saturated rings. The number of carbonyl (C=O) groups excluding carboxylic acids is 2. The highest BCUT2D eigenvalue weighted by Crippen LogP contribution is 2.37. The van der Waals surface area contributed by atoms with Gasteiger partial charge in [0.25, 0.3) is 0 Å². The third-order valence-electron chi connectivity index (χ3n) is 7.02. The number of aliphatic carboxylic acids is 1. The van der Waals surface area contributed by atoms with Crippen molar-refractivity contribution in [1.82, 2.24) is 4.90 Å². The van der Waals surface area contributed by atoms with E-state index in [9.17, 15) is 19.8 Å². The van der Waals surface area contributed by atoms with E-state index in [1.165, 1.54) is 4.90 Å². The van der Waals surface area contributed by atoms with Crippen molar-refractivity contribution in [2.45, 2.75) is 38.1 Å². The summed E-state index contributed by atoms with van der Waals surface area (Å²) in [6, 6.07) is 30.8. The Balaban J connectivity index is 1.52. The smallest absolute Gasteiger partial charge is 0.235 e. The Labute approximate surface area is 221 Å². The van der Waals surface area contributed by atoms with Gasteiger partial charge in [0.1, 0.15) is 12.4 Å². The molecule has 0 spiro atoms. The second-order valence-electron chi connectivity index (χ2n) is 9.38. The van der Waals surface area contributed by atoms with Crippen molar-refractivity contribution < 1.29 is 24.5 Å². The van der Waals surface area contributed by atoms with Gasteiger partial charge in [-0.1, -0.05) is 103 Å². The fourth-order valence-electron chi connectivity index (χ4n) is 5.10. The van der Waals surface area contributed by atoms with Crippen LogP contribution in [0.2, 0.25) is 0 Å². The standard InChI is InChI=1S/C32H29NO5/c34-20-26-17-16-25-19-33(31(35)29(23-12-6-2-7-13-23)24-14-8-3-9-15-24)28(32(36)37)18-27(25)30(26)38-21-22-10-4-1-5-11-22/h1-17,28-29,34H,18-21H2,(H,36,37)/p-1/t28-/m0/s1. The SMILES string of the molecule is O=C([O-])[C@@H]1Cc2c(ccc(CO)c2OCc2ccccc2)CN1C(=O)C(c1ccccc1)c1ccccc1. The van der Waals surface area contributed by atoms with Crippen molar-refractivity contribution >= 4 is 11.9 Å². The minimum atomic E-state index is -1.33. The van der Waals surface area contributed by atoms with Gasteiger partial charge in [0.05, 0.1) is 24.5 Å². The zero-order chi connectivity index (χ0) is 26.5. The van der Waals surface area contributed by atoms with Crippen LogP contribution in [0.25, 0.3) is 0 Å². The largest absolute Gasteiger partial charge is 0.548 e. The number of aliphatic hydroxyl groups is 1. The zero-order valence-corrected chi connectivity index (χ0v) is 20.8. The van der Waals surface area contributed by atoms with E-state index in [1.807, 2.05) is 97.1 Å². The van der Waals surface area contributed by atoms with E-state index in [1.54, 1.807) is 6.07 Å². The van der Waals surface area contributed by atoms with Crippen LogP contribution < -0.4 is 9.84 Å². The van der Waals surface area contributed by atoms with Crippen molar-refractivity contribution in [2.75, 3.05) is 0 Å². The number of benzene rings is 4. The molecule has 0 aliphatic carbocycles. The van der Waals surface area contributed by atoms with Gasteiger partial charge in [-0.2, -0.15) is 0 Å². The van der Waals surface area contributed by atoms with Crippen molar-refractivity contribution in [3.63, 3.8) is 0 Å². The second kappa shape index (κ2) is 11.3. The van der Waals surface area contributed by atoms with E-state index in [-0.39, 0.29) is 32.1 Å². The van der Waals surface area contributed by atoms with Crippen LogP contribution in [0.15, 0.2) is 103 Å². The highest BCUT2D eigenvalue weighted by molar-refractivity contribution is 5.91. The molecular weight excluding hydrogens is 478 g/mol. The first kappa shape index (κ1) is 25.2. The van der Waals surface area contributed by atoms with Crippen LogP contribution in [-0.2, 0) is 35.8 Å². The molecule has 1 atom stereocenters. The summed E-state index contributed by atoms with van der Waals surface area (Å²) in [7, 11) is 0. The van der Waals surface area contributed by atoms with E-state index in [4.69, 9.17) is 4.74 Å². The molecule has 0 bridgehead atoms. The summed E-state index contributed by atoms with van der Waals surface area (Å²) in [4.78, 5) is 27.9. The Morgan fingerprint density at radius 2 is 1.45 bits per heavy atom. The van der Waals surface area contributed by atoms with Gasteiger partial charge in [-0.25, -0.2) is 0 Å². The minimum Gasteiger partial charge on any atom is -0.548 e. The average molecular weight is 507 g/mol. The Morgan fingerprint density at radius 1 is 0.868 bits per heavy atom. The van der Waals surface area contributed by atoms with E-state index in [0.29, 0.717) is 16.9 Å². The molecule has 0 aromatic heterocycles. The molecule has 4 aromatic carbocycles. The normalized spacial score (nSPS) is 14.7. The molecule has 38 heavy (non-hydrogen) atoms. The number of carbonyl (C=O) groups is 2. The van der Waals surface area contributed by atoms with Crippen molar-refractivity contribution in [1.29, 1.82) is 0 Å². The molecule has 0 saturated carbocycles. The lowest BCUT2D eigenvalue weighted by Gasteiger charge is -2.40. The molecule has 0 saturated heterocycles. The first-order valence-electron chi connectivity index (χ1n) is 12.6. The summed E-state index contributed by atoms with van der Waals surface area (Å²) in [5.74, 6) is -1.83. The van der Waals surface area contributed by atoms with E-state index >= 15 is 0 Å². The fourth-order valence-corrected chi connectivity index (χ4v) is 5.10. The van der Waals surface area contributed by atoms with Crippen LogP contribution in [0.3, 0.4) is 0 Å². The Morgan fingerprint density at radius 3 is 2.00 bits per heavy atom. The predicted molar refractivity (Wildman–Crippen MR) is 141 cm³/mol. The van der Waals surface area contributed by atoms with Gasteiger partial charge in [0, 0.05) is 24.1 Å². The number of ether oxygens (including phenoxy) is 1. The number of amides is 1. The number of carboxylic acid groups (broad SMARTS) is 1. The molecule has 1 N–H and O–H groups in total. The molecule has 5 rings (SSSR count). The van der Waals surface area contributed by atoms with Gasteiger partial charge in [-0.05, 0) is 22.3 Å². The third-order valence-corrected chi connectivity index (χ3v) is 7.02. The van der Waals surface area contributed by atoms with Gasteiger partial charge >= 0.3 is 0 Å². The van der Waals surface area contributed by atoms with Crippen LogP contribution in [0.5, 0.6) is 5.75 Å². The summed E-state index contributed by atoms with van der Waals surface area (Å²) in [6.07, 6.45) is 0.0255. The number of hydrogen-bond donors (Lipinski definition) is 1. The predicted octanol–water partition coefficient (Wildman–Crippen LogP) is 3.59. The average Bonchev–Trinajstić information content (AvgIpc) is 2.96. The van der Waals surface area contributed by atoms with E-state index in [2.05, 4.69) is 0 Å². The van der Waals surface area contributed by atoms with Crippen LogP contribution in [0.1, 0.15) is 39.3 Å². The Bertz CT molecular complexity index is 1370. The van der Waals surface area contributed by atoms with Crippen molar-refractivity contribution in [3.8, 4) is 5.75 Å². The molecule has 1 aliphatic heterocycles. The van der Waals surface area contributed by atoms with Gasteiger partial charge in [0.2, 0.25) is 5.91 Å². The lowest BCUT2D eigenvalue weighted by atomic mass is 9.86. The maximum absolute atomic E-state index is 14.1. The number of fused-ring (bicyclic) bond motifs is 1. The first-order chi connectivity index (χ1) is 18.6. The van der Waals surface area contributed by atoms with E-state index < -0.39 is 17.9 Å². The van der Waals surface area contributed by atoms with Gasteiger partial charge in [0.15, 0.2) is 0 Å². The number of rotatable bonds is 8. The highest BCUT2D eigenvalue weighted by Gasteiger charge is 2.37. The summed E-state index contributed by atoms with van der Waals surface area (Å²) in [6.45, 7) is 0.115. The molecule has 1 aliphatic rings. The van der Waals surface area contributed by atoms with Crippen molar-refractivity contribution in [3.05, 3.63) is 137 Å². The maximum atomic E-state index is 14.1. The number of carboxylic acids is 1. The second-order valence-corrected chi connectivity index (χ2v) is 9.38. The maximum Gasteiger partial charge on any atom is 0.235 e. The third kappa shape index (κ3) is 5.17. The summed E-state index contributed by atoms with van der Waals surface area (Å²) < 4.78 is 6.15. The number of nitrogens with zero attached hydrogens (tertiary/aromatic N) is 1. The summed E-state index contributed by atoms with van der Waals surface area (Å²) in [5, 5.41) is 22.4. The molecule has 6 heteroatoms. The molecule has 0 unspecified atom stereocenters. The van der Waals surface area contributed by atoms with Gasteiger partial charge in [-0.15, -0.1) is 0 Å². The van der Waals surface area contributed by atoms with Crippen LogP contribution in [0, 0.1) is 0 Å². The first-order valence-corrected chi connectivity index (χ1v) is 12.6. The quantitative estimate of drug-likeness (QED) is 0.395. The molecule has 1 heterocycles. The fraction of sp³-hybridized carbons (Fsp3) is 0.188. The lowest BCUT2D eigenvalue weighted by Crippen LogP contribution is -2.54. The van der Waals surface area contributed by atoms with Crippen LogP contribution >= 0.6 is 0 Å². The van der Waals surface area contributed by atoms with E-state index in [0.717, 1.165) is 22.3 Å². The molecule has 0 radical (unpaired) electrons. The minimum absolute atomic E-state index is 0.0255. The molecule has 6 nitrogen and oxygen atoms in total. The summed E-state index contributed by atoms with van der Waals surface area (Å²) in [5.41, 5.74) is 4.57. The lowest BCUT2D eigenvalue weighted by molar-refractivity contribution is -0.311. The van der Waals surface area contributed by atoms with Gasteiger partial charge < -0.3 is 24.6 Å². The van der Waals surface area contributed by atoms with Crippen molar-refractivity contribution in [2.24, 2.45) is 0 Å². The van der Waals surface area contributed by atoms with Gasteiger partial charge in [-0.3, -0.25) is 4.79 Å². The number of hydrogen-bond acceptors (Lipinski definition) is 5. The Hall–Kier alpha value is -4.42. The monoisotopic (exact) mass is 506 g/mol. The molecule has 1 amide bonds. The number of aliphatic hydroxyl groups excluding tert-OH is 1. The highest BCUT2D eigenvalue weighted by atomic mass is 16.5. The summed E-state index contributed by atoms with van der Waals surface area (Å²) >= 11 is 0. The molecular formula is C32H28NO5-. The zero-order valence-electron chi connectivity index (χ0n) is 20.8. The topological polar surface area (TPSA) is 89.9 Å². The Kier molecular flexibility index (Phi) is 7.52. The van der Waals surface area contributed by atoms with Crippen LogP contribution in [0.4, 0.5) is 0 Å². The molecule has 192 valence electrons.